The molecule has 0 aliphatic carbocycles. The molecular formula is C28H27NO4. The number of phenolic OH excluding ortho intramolecular Hbond substituents is 3. The molecule has 0 aromatic heterocycles. The summed E-state index contributed by atoms with van der Waals surface area (Å²) in [5, 5.41) is 31.7. The summed E-state index contributed by atoms with van der Waals surface area (Å²) in [7, 11) is 0. The van der Waals surface area contributed by atoms with Gasteiger partial charge in [-0.25, -0.2) is 0 Å². The first kappa shape index (κ1) is 22.1. The topological polar surface area (TPSA) is 73.2 Å². The lowest BCUT2D eigenvalue weighted by Gasteiger charge is -2.28. The molecule has 33 heavy (non-hydrogen) atoms. The fourth-order valence-corrected chi connectivity index (χ4v) is 3.76. The van der Waals surface area contributed by atoms with Gasteiger partial charge in [0.05, 0.1) is 11.4 Å². The molecule has 0 amide bonds. The van der Waals surface area contributed by atoms with Crippen molar-refractivity contribution in [3.63, 3.8) is 0 Å². The molecule has 0 unspecified atom stereocenters. The van der Waals surface area contributed by atoms with E-state index < -0.39 is 0 Å². The Morgan fingerprint density at radius 1 is 0.667 bits per heavy atom. The molecule has 0 atom stereocenters. The zero-order chi connectivity index (χ0) is 23.7. The van der Waals surface area contributed by atoms with Gasteiger partial charge in [0.1, 0.15) is 28.7 Å². The smallest absolute Gasteiger partial charge is 0.142 e. The molecule has 4 rings (SSSR count). The van der Waals surface area contributed by atoms with Gasteiger partial charge < -0.3 is 25.0 Å². The molecule has 0 saturated heterocycles. The zero-order valence-electron chi connectivity index (χ0n) is 19.1. The number of aryl methyl sites for hydroxylation is 3. The minimum Gasteiger partial charge on any atom is -0.508 e. The molecule has 0 aliphatic heterocycles. The van der Waals surface area contributed by atoms with Crippen molar-refractivity contribution in [1.29, 1.82) is 0 Å². The second-order valence-corrected chi connectivity index (χ2v) is 8.22. The first-order valence-electron chi connectivity index (χ1n) is 10.7. The van der Waals surface area contributed by atoms with Crippen LogP contribution in [0.3, 0.4) is 0 Å². The highest BCUT2D eigenvalue weighted by molar-refractivity contribution is 5.84. The highest BCUT2D eigenvalue weighted by atomic mass is 16.5. The third-order valence-electron chi connectivity index (χ3n) is 5.71. The summed E-state index contributed by atoms with van der Waals surface area (Å²) in [4.78, 5) is 1.82. The molecule has 0 fully saturated rings. The van der Waals surface area contributed by atoms with E-state index in [0.717, 1.165) is 22.4 Å². The van der Waals surface area contributed by atoms with Crippen LogP contribution in [0.25, 0.3) is 0 Å². The van der Waals surface area contributed by atoms with Crippen LogP contribution < -0.4 is 9.64 Å². The molecule has 0 spiro atoms. The highest BCUT2D eigenvalue weighted by Gasteiger charge is 2.20. The summed E-state index contributed by atoms with van der Waals surface area (Å²) >= 11 is 0. The lowest BCUT2D eigenvalue weighted by Crippen LogP contribution is -2.11. The Labute approximate surface area is 193 Å². The second-order valence-electron chi connectivity index (χ2n) is 8.22. The number of hydrogen-bond donors (Lipinski definition) is 3. The number of benzene rings is 4. The Morgan fingerprint density at radius 2 is 1.21 bits per heavy atom. The maximum Gasteiger partial charge on any atom is 0.142 e. The molecule has 4 aromatic carbocycles. The van der Waals surface area contributed by atoms with E-state index in [0.29, 0.717) is 28.4 Å². The predicted octanol–water partition coefficient (Wildman–Crippen LogP) is 7.30. The Balaban J connectivity index is 1.77. The van der Waals surface area contributed by atoms with E-state index >= 15 is 0 Å². The lowest BCUT2D eigenvalue weighted by molar-refractivity contribution is 0.447. The van der Waals surface area contributed by atoms with Crippen molar-refractivity contribution < 1.29 is 20.1 Å². The van der Waals surface area contributed by atoms with Crippen molar-refractivity contribution in [2.45, 2.75) is 27.7 Å². The molecular weight excluding hydrogens is 414 g/mol. The fourth-order valence-electron chi connectivity index (χ4n) is 3.76. The molecule has 4 aromatic rings. The van der Waals surface area contributed by atoms with Crippen molar-refractivity contribution in [2.75, 3.05) is 4.90 Å². The standard InChI is InChI=1S/C28H27NO4/c1-17-15-25(30)20(4)26(16-17)33-22-13-11-21(12-14-22)29(23-9-5-7-18(2)27(23)31)24-10-6-8-19(3)28(24)32/h5-16,30-32H,1-4H3. The molecule has 0 bridgehead atoms. The fraction of sp³-hybridized carbons (Fsp3) is 0.143. The molecule has 0 saturated carbocycles. The number of ether oxygens (including phenoxy) is 1. The van der Waals surface area contributed by atoms with Crippen molar-refractivity contribution in [3.05, 3.63) is 95.1 Å². The third kappa shape index (κ3) is 4.30. The summed E-state index contributed by atoms with van der Waals surface area (Å²) in [6.45, 7) is 7.38. The number of rotatable bonds is 5. The van der Waals surface area contributed by atoms with Gasteiger partial charge in [-0.3, -0.25) is 0 Å². The van der Waals surface area contributed by atoms with Gasteiger partial charge in [0.2, 0.25) is 0 Å². The predicted molar refractivity (Wildman–Crippen MR) is 132 cm³/mol. The van der Waals surface area contributed by atoms with Crippen molar-refractivity contribution in [1.82, 2.24) is 0 Å². The van der Waals surface area contributed by atoms with Gasteiger partial charge in [-0.05, 0) is 92.9 Å². The quantitative estimate of drug-likeness (QED) is 0.303. The van der Waals surface area contributed by atoms with Crippen molar-refractivity contribution >= 4 is 17.1 Å². The van der Waals surface area contributed by atoms with Crippen LogP contribution in [0.2, 0.25) is 0 Å². The van der Waals surface area contributed by atoms with Crippen LogP contribution in [0.1, 0.15) is 22.3 Å². The van der Waals surface area contributed by atoms with Crippen LogP contribution in [0.5, 0.6) is 28.7 Å². The van der Waals surface area contributed by atoms with Crippen LogP contribution in [0.4, 0.5) is 17.1 Å². The van der Waals surface area contributed by atoms with Crippen LogP contribution in [-0.4, -0.2) is 15.3 Å². The molecule has 3 N–H and O–H groups in total. The molecule has 5 nitrogen and oxygen atoms in total. The SMILES string of the molecule is Cc1cc(O)c(C)c(Oc2ccc(N(c3cccc(C)c3O)c3cccc(C)c3O)cc2)c1. The Hall–Kier alpha value is -4.12. The van der Waals surface area contributed by atoms with E-state index in [1.807, 2.05) is 92.4 Å². The monoisotopic (exact) mass is 441 g/mol. The van der Waals surface area contributed by atoms with Gasteiger partial charge in [0.25, 0.3) is 0 Å². The third-order valence-corrected chi connectivity index (χ3v) is 5.71. The van der Waals surface area contributed by atoms with E-state index in [4.69, 9.17) is 4.74 Å². The molecule has 0 aliphatic rings. The maximum atomic E-state index is 10.8. The van der Waals surface area contributed by atoms with E-state index in [1.54, 1.807) is 13.0 Å². The number of phenols is 3. The first-order chi connectivity index (χ1) is 15.8. The molecule has 5 heteroatoms. The average molecular weight is 442 g/mol. The Kier molecular flexibility index (Phi) is 5.88. The van der Waals surface area contributed by atoms with Gasteiger partial charge in [0, 0.05) is 11.3 Å². The summed E-state index contributed by atoms with van der Waals surface area (Å²) in [6, 6.07) is 22.0. The number of anilines is 3. The summed E-state index contributed by atoms with van der Waals surface area (Å²) in [5.41, 5.74) is 4.90. The van der Waals surface area contributed by atoms with Gasteiger partial charge in [-0.1, -0.05) is 24.3 Å². The maximum absolute atomic E-state index is 10.8. The number of hydrogen-bond acceptors (Lipinski definition) is 5. The van der Waals surface area contributed by atoms with E-state index in [2.05, 4.69) is 0 Å². The van der Waals surface area contributed by atoms with Crippen LogP contribution in [0.15, 0.2) is 72.8 Å². The van der Waals surface area contributed by atoms with E-state index in [1.165, 1.54) is 0 Å². The van der Waals surface area contributed by atoms with Gasteiger partial charge in [0.15, 0.2) is 0 Å². The second kappa shape index (κ2) is 8.79. The number of para-hydroxylation sites is 2. The minimum absolute atomic E-state index is 0.143. The van der Waals surface area contributed by atoms with Crippen molar-refractivity contribution in [3.8, 4) is 28.7 Å². The number of nitrogens with zero attached hydrogens (tertiary/aromatic N) is 1. The highest BCUT2D eigenvalue weighted by Crippen LogP contribution is 2.45. The first-order valence-corrected chi connectivity index (χ1v) is 10.7. The van der Waals surface area contributed by atoms with E-state index in [-0.39, 0.29) is 17.2 Å². The lowest BCUT2D eigenvalue weighted by atomic mass is 10.1. The Morgan fingerprint density at radius 3 is 1.76 bits per heavy atom. The minimum atomic E-state index is 0.143. The Bertz CT molecular complexity index is 1260. The summed E-state index contributed by atoms with van der Waals surface area (Å²) in [5.74, 6) is 1.67. The van der Waals surface area contributed by atoms with E-state index in [9.17, 15) is 15.3 Å². The normalized spacial score (nSPS) is 10.8. The van der Waals surface area contributed by atoms with Gasteiger partial charge in [-0.15, -0.1) is 0 Å². The summed E-state index contributed by atoms with van der Waals surface area (Å²) in [6.07, 6.45) is 0. The van der Waals surface area contributed by atoms with Gasteiger partial charge in [-0.2, -0.15) is 0 Å². The van der Waals surface area contributed by atoms with Crippen LogP contribution in [-0.2, 0) is 0 Å². The molecule has 0 heterocycles. The van der Waals surface area contributed by atoms with Crippen molar-refractivity contribution in [2.24, 2.45) is 0 Å². The molecule has 168 valence electrons. The van der Waals surface area contributed by atoms with Crippen LogP contribution >= 0.6 is 0 Å². The van der Waals surface area contributed by atoms with Gasteiger partial charge >= 0.3 is 0 Å². The van der Waals surface area contributed by atoms with Crippen LogP contribution in [0, 0.1) is 27.7 Å². The average Bonchev–Trinajstić information content (AvgIpc) is 2.78. The molecule has 0 radical (unpaired) electrons. The largest absolute Gasteiger partial charge is 0.508 e. The number of aromatic hydroxyl groups is 3. The zero-order valence-corrected chi connectivity index (χ0v) is 19.1. The summed E-state index contributed by atoms with van der Waals surface area (Å²) < 4.78 is 6.03.